The predicted molar refractivity (Wildman–Crippen MR) is 70.1 cm³/mol. The molecule has 5 nitrogen and oxygen atoms in total. The fourth-order valence-corrected chi connectivity index (χ4v) is 2.37. The van der Waals surface area contributed by atoms with Crippen molar-refractivity contribution in [2.24, 2.45) is 11.7 Å². The maximum atomic E-state index is 11.7. The monoisotopic (exact) mass is 258 g/mol. The lowest BCUT2D eigenvalue weighted by Gasteiger charge is -2.28. The number of methoxy groups -OCH3 is 1. The largest absolute Gasteiger partial charge is 0.393 e. The summed E-state index contributed by atoms with van der Waals surface area (Å²) in [5.74, 6) is 0.0674. The van der Waals surface area contributed by atoms with Crippen LogP contribution in [0.1, 0.15) is 38.5 Å². The van der Waals surface area contributed by atoms with Crippen LogP contribution >= 0.6 is 0 Å². The van der Waals surface area contributed by atoms with E-state index < -0.39 is 6.04 Å². The third-order valence-corrected chi connectivity index (χ3v) is 3.61. The normalized spacial score (nSPS) is 25.7. The summed E-state index contributed by atoms with van der Waals surface area (Å²) in [7, 11) is 1.63. The second-order valence-corrected chi connectivity index (χ2v) is 5.10. The molecule has 4 N–H and O–H groups in total. The summed E-state index contributed by atoms with van der Waals surface area (Å²) in [5.41, 5.74) is 5.78. The third-order valence-electron chi connectivity index (χ3n) is 3.61. The zero-order valence-electron chi connectivity index (χ0n) is 11.2. The van der Waals surface area contributed by atoms with Crippen molar-refractivity contribution in [3.05, 3.63) is 0 Å². The van der Waals surface area contributed by atoms with Crippen molar-refractivity contribution >= 4 is 5.91 Å². The number of hydrogen-bond acceptors (Lipinski definition) is 4. The Morgan fingerprint density at radius 2 is 2.22 bits per heavy atom. The van der Waals surface area contributed by atoms with Crippen molar-refractivity contribution in [1.29, 1.82) is 0 Å². The van der Waals surface area contributed by atoms with E-state index in [1.165, 1.54) is 0 Å². The van der Waals surface area contributed by atoms with Gasteiger partial charge in [0.1, 0.15) is 0 Å². The summed E-state index contributed by atoms with van der Waals surface area (Å²) in [6, 6.07) is -0.471. The average molecular weight is 258 g/mol. The Labute approximate surface area is 109 Å². The van der Waals surface area contributed by atoms with E-state index in [-0.39, 0.29) is 17.9 Å². The molecule has 0 aromatic rings. The fourth-order valence-electron chi connectivity index (χ4n) is 2.37. The van der Waals surface area contributed by atoms with Gasteiger partial charge < -0.3 is 20.9 Å². The maximum absolute atomic E-state index is 11.7. The van der Waals surface area contributed by atoms with Crippen LogP contribution in [0, 0.1) is 5.92 Å². The van der Waals surface area contributed by atoms with Gasteiger partial charge in [0.25, 0.3) is 0 Å². The molecule has 1 amide bonds. The first-order valence-corrected chi connectivity index (χ1v) is 6.85. The number of carbonyl (C=O) groups is 1. The molecule has 0 aromatic carbocycles. The molecule has 5 heteroatoms. The van der Waals surface area contributed by atoms with Gasteiger partial charge in [-0.15, -0.1) is 0 Å². The second-order valence-electron chi connectivity index (χ2n) is 5.10. The maximum Gasteiger partial charge on any atom is 0.236 e. The molecule has 3 atom stereocenters. The second kappa shape index (κ2) is 8.45. The van der Waals surface area contributed by atoms with Crippen molar-refractivity contribution in [3.8, 4) is 0 Å². The van der Waals surface area contributed by atoms with Gasteiger partial charge in [0.2, 0.25) is 5.91 Å². The highest BCUT2D eigenvalue weighted by atomic mass is 16.5. The topological polar surface area (TPSA) is 84.6 Å². The van der Waals surface area contributed by atoms with Gasteiger partial charge in [-0.05, 0) is 25.7 Å². The van der Waals surface area contributed by atoms with Gasteiger partial charge >= 0.3 is 0 Å². The molecule has 3 unspecified atom stereocenters. The van der Waals surface area contributed by atoms with E-state index >= 15 is 0 Å². The predicted octanol–water partition coefficient (Wildman–Crippen LogP) is 0.408. The van der Waals surface area contributed by atoms with Crippen molar-refractivity contribution < 1.29 is 14.6 Å². The Balaban J connectivity index is 2.18. The van der Waals surface area contributed by atoms with Gasteiger partial charge in [0, 0.05) is 26.2 Å². The zero-order valence-corrected chi connectivity index (χ0v) is 11.2. The van der Waals surface area contributed by atoms with Crippen LogP contribution in [-0.2, 0) is 9.53 Å². The van der Waals surface area contributed by atoms with Crippen LogP contribution in [0.15, 0.2) is 0 Å². The summed E-state index contributed by atoms with van der Waals surface area (Å²) in [6.45, 7) is 1.17. The van der Waals surface area contributed by atoms with Crippen molar-refractivity contribution in [2.75, 3.05) is 20.3 Å². The number of nitrogens with two attached hydrogens (primary N) is 1. The molecule has 0 spiro atoms. The highest BCUT2D eigenvalue weighted by molar-refractivity contribution is 5.81. The van der Waals surface area contributed by atoms with E-state index in [0.29, 0.717) is 19.6 Å². The number of aliphatic hydroxyl groups excluding tert-OH is 1. The van der Waals surface area contributed by atoms with Crippen LogP contribution in [0.4, 0.5) is 0 Å². The Bertz CT molecular complexity index is 248. The first-order valence-electron chi connectivity index (χ1n) is 6.85. The summed E-state index contributed by atoms with van der Waals surface area (Å²) in [5, 5.41) is 12.6. The molecule has 1 aliphatic carbocycles. The van der Waals surface area contributed by atoms with Crippen LogP contribution in [0.3, 0.4) is 0 Å². The summed E-state index contributed by atoms with van der Waals surface area (Å²) >= 11 is 0. The van der Waals surface area contributed by atoms with Crippen LogP contribution < -0.4 is 11.1 Å². The molecule has 18 heavy (non-hydrogen) atoms. The molecule has 1 aliphatic rings. The third kappa shape index (κ3) is 5.33. The molecule has 106 valence electrons. The molecular weight excluding hydrogens is 232 g/mol. The molecule has 0 aromatic heterocycles. The zero-order chi connectivity index (χ0) is 13.4. The molecule has 0 aliphatic heterocycles. The molecule has 0 bridgehead atoms. The lowest BCUT2D eigenvalue weighted by molar-refractivity contribution is -0.123. The van der Waals surface area contributed by atoms with Gasteiger partial charge in [-0.2, -0.15) is 0 Å². The number of aliphatic hydroxyl groups is 1. The standard InChI is InChI=1S/C13H26N2O3/c1-18-8-4-6-11(14)13(17)15-9-10-5-2-3-7-12(10)16/h10-12,16H,2-9,14H2,1H3,(H,15,17). The van der Waals surface area contributed by atoms with Crippen molar-refractivity contribution in [3.63, 3.8) is 0 Å². The van der Waals surface area contributed by atoms with E-state index in [0.717, 1.165) is 32.1 Å². The number of rotatable bonds is 7. The molecule has 1 saturated carbocycles. The molecule has 1 fully saturated rings. The van der Waals surface area contributed by atoms with Gasteiger partial charge in [0.05, 0.1) is 12.1 Å². The van der Waals surface area contributed by atoms with Gasteiger partial charge in [0.15, 0.2) is 0 Å². The number of nitrogens with one attached hydrogen (secondary N) is 1. The minimum absolute atomic E-state index is 0.121. The van der Waals surface area contributed by atoms with E-state index in [1.807, 2.05) is 0 Å². The SMILES string of the molecule is COCCCC(N)C(=O)NCC1CCCCC1O. The number of hydrogen-bond donors (Lipinski definition) is 3. The van der Waals surface area contributed by atoms with E-state index in [2.05, 4.69) is 5.32 Å². The van der Waals surface area contributed by atoms with E-state index in [1.54, 1.807) is 7.11 Å². The van der Waals surface area contributed by atoms with Crippen molar-refractivity contribution in [2.45, 2.75) is 50.7 Å². The molecule has 0 radical (unpaired) electrons. The van der Waals surface area contributed by atoms with E-state index in [9.17, 15) is 9.90 Å². The van der Waals surface area contributed by atoms with Crippen LogP contribution in [0.2, 0.25) is 0 Å². The first kappa shape index (κ1) is 15.4. The molecule has 0 heterocycles. The number of ether oxygens (including phenoxy) is 1. The van der Waals surface area contributed by atoms with Crippen LogP contribution in [0.5, 0.6) is 0 Å². The lowest BCUT2D eigenvalue weighted by atomic mass is 9.86. The van der Waals surface area contributed by atoms with Gasteiger partial charge in [-0.1, -0.05) is 12.8 Å². The lowest BCUT2D eigenvalue weighted by Crippen LogP contribution is -2.44. The quantitative estimate of drug-likeness (QED) is 0.577. The Kier molecular flexibility index (Phi) is 7.23. The van der Waals surface area contributed by atoms with Crippen LogP contribution in [-0.4, -0.2) is 43.4 Å². The number of carbonyl (C=O) groups excluding carboxylic acids is 1. The van der Waals surface area contributed by atoms with E-state index in [4.69, 9.17) is 10.5 Å². The Morgan fingerprint density at radius 1 is 1.50 bits per heavy atom. The fraction of sp³-hybridized carbons (Fsp3) is 0.923. The van der Waals surface area contributed by atoms with Crippen molar-refractivity contribution in [1.82, 2.24) is 5.32 Å². The highest BCUT2D eigenvalue weighted by Gasteiger charge is 2.24. The first-order chi connectivity index (χ1) is 8.65. The highest BCUT2D eigenvalue weighted by Crippen LogP contribution is 2.23. The average Bonchev–Trinajstić information content (AvgIpc) is 2.37. The Hall–Kier alpha value is -0.650. The Morgan fingerprint density at radius 3 is 2.89 bits per heavy atom. The molecule has 1 rings (SSSR count). The minimum Gasteiger partial charge on any atom is -0.393 e. The number of amides is 1. The summed E-state index contributed by atoms with van der Waals surface area (Å²) in [4.78, 5) is 11.7. The summed E-state index contributed by atoms with van der Waals surface area (Å²) in [6.07, 6.45) is 5.20. The van der Waals surface area contributed by atoms with Crippen LogP contribution in [0.25, 0.3) is 0 Å². The molecular formula is C13H26N2O3. The summed E-state index contributed by atoms with van der Waals surface area (Å²) < 4.78 is 4.92. The minimum atomic E-state index is -0.471. The smallest absolute Gasteiger partial charge is 0.236 e. The van der Waals surface area contributed by atoms with Gasteiger partial charge in [-0.3, -0.25) is 4.79 Å². The molecule has 0 saturated heterocycles. The van der Waals surface area contributed by atoms with Gasteiger partial charge in [-0.25, -0.2) is 0 Å².